The summed E-state index contributed by atoms with van der Waals surface area (Å²) in [5, 5.41) is 11.1. The highest BCUT2D eigenvalue weighted by atomic mass is 16.6. The molecule has 2 unspecified atom stereocenters. The molecule has 9 rings (SSSR count). The SMILES string of the molecule is CN(C)CCCOc1ccc2cc1Oc1ccc(cc1)CC1c3c(cc(O)c4c3Oc3cc5c(cc3O4)CCN(C)C5C2)CCN1C. The highest BCUT2D eigenvalue weighted by Crippen LogP contribution is 2.56. The molecule has 0 amide bonds. The van der Waals surface area contributed by atoms with E-state index in [1.165, 1.54) is 22.3 Å². The van der Waals surface area contributed by atoms with Gasteiger partial charge in [0, 0.05) is 37.3 Å². The smallest absolute Gasteiger partial charge is 0.212 e. The van der Waals surface area contributed by atoms with E-state index in [0.717, 1.165) is 80.1 Å². The average molecular weight is 634 g/mol. The van der Waals surface area contributed by atoms with Gasteiger partial charge in [0.1, 0.15) is 5.75 Å². The normalized spacial score (nSPS) is 19.9. The first kappa shape index (κ1) is 30.1. The molecule has 1 N–H and O–H groups in total. The van der Waals surface area contributed by atoms with Crippen LogP contribution < -0.4 is 18.9 Å². The Morgan fingerprint density at radius 1 is 0.766 bits per heavy atom. The Morgan fingerprint density at radius 3 is 2.28 bits per heavy atom. The fraction of sp³-hybridized carbons (Fsp3) is 0.385. The minimum absolute atomic E-state index is 0.0549. The summed E-state index contributed by atoms with van der Waals surface area (Å²) in [6, 6.07) is 21.1. The predicted molar refractivity (Wildman–Crippen MR) is 182 cm³/mol. The molecule has 47 heavy (non-hydrogen) atoms. The summed E-state index contributed by atoms with van der Waals surface area (Å²) in [4.78, 5) is 6.98. The van der Waals surface area contributed by atoms with E-state index in [-0.39, 0.29) is 17.8 Å². The number of phenols is 1. The van der Waals surface area contributed by atoms with Crippen molar-refractivity contribution in [3.8, 4) is 46.0 Å². The first-order valence-electron chi connectivity index (χ1n) is 16.8. The molecule has 244 valence electrons. The van der Waals surface area contributed by atoms with Crippen LogP contribution in [0.1, 0.15) is 51.9 Å². The van der Waals surface area contributed by atoms with E-state index in [4.69, 9.17) is 18.9 Å². The second-order valence-corrected chi connectivity index (χ2v) is 13.8. The van der Waals surface area contributed by atoms with Crippen molar-refractivity contribution in [2.24, 2.45) is 0 Å². The van der Waals surface area contributed by atoms with Gasteiger partial charge in [0.25, 0.3) is 0 Å². The topological polar surface area (TPSA) is 66.9 Å². The molecule has 4 aromatic carbocycles. The molecule has 5 aliphatic rings. The minimum atomic E-state index is 0.0549. The molecular weight excluding hydrogens is 590 g/mol. The first-order valence-corrected chi connectivity index (χ1v) is 16.8. The summed E-state index contributed by atoms with van der Waals surface area (Å²) < 4.78 is 26.2. The Hall–Kier alpha value is -4.24. The molecule has 4 aromatic rings. The van der Waals surface area contributed by atoms with Crippen LogP contribution in [-0.2, 0) is 25.7 Å². The maximum atomic E-state index is 11.1. The monoisotopic (exact) mass is 633 g/mol. The lowest BCUT2D eigenvalue weighted by Crippen LogP contribution is -2.34. The Morgan fingerprint density at radius 2 is 1.47 bits per heavy atom. The van der Waals surface area contributed by atoms with Gasteiger partial charge in [-0.15, -0.1) is 0 Å². The number of benzene rings is 4. The molecular formula is C39H43N3O5. The van der Waals surface area contributed by atoms with Gasteiger partial charge < -0.3 is 29.0 Å². The van der Waals surface area contributed by atoms with E-state index < -0.39 is 0 Å². The Kier molecular flexibility index (Phi) is 7.75. The minimum Gasteiger partial charge on any atom is -0.504 e. The van der Waals surface area contributed by atoms with E-state index in [1.54, 1.807) is 0 Å². The van der Waals surface area contributed by atoms with Crippen molar-refractivity contribution in [3.63, 3.8) is 0 Å². The van der Waals surface area contributed by atoms with Gasteiger partial charge in [0.05, 0.1) is 6.61 Å². The van der Waals surface area contributed by atoms with Gasteiger partial charge >= 0.3 is 0 Å². The lowest BCUT2D eigenvalue weighted by Gasteiger charge is -2.38. The molecule has 0 aromatic heterocycles. The lowest BCUT2D eigenvalue weighted by molar-refractivity contribution is 0.218. The van der Waals surface area contributed by atoms with Crippen molar-refractivity contribution in [1.29, 1.82) is 0 Å². The third-order valence-corrected chi connectivity index (χ3v) is 10.2. The maximum Gasteiger partial charge on any atom is 0.212 e. The molecule has 7 bridgehead atoms. The number of fused-ring (bicyclic) bond motifs is 2. The van der Waals surface area contributed by atoms with Gasteiger partial charge in [0.2, 0.25) is 5.75 Å². The number of rotatable bonds is 5. The van der Waals surface area contributed by atoms with Crippen LogP contribution in [0, 0.1) is 0 Å². The van der Waals surface area contributed by atoms with Crippen molar-refractivity contribution >= 4 is 0 Å². The van der Waals surface area contributed by atoms with E-state index in [0.29, 0.717) is 29.6 Å². The molecule has 0 saturated heterocycles. The van der Waals surface area contributed by atoms with Gasteiger partial charge in [-0.3, -0.25) is 9.80 Å². The fourth-order valence-electron chi connectivity index (χ4n) is 7.58. The summed E-state index contributed by atoms with van der Waals surface area (Å²) in [6.07, 6.45) is 4.27. The number of phenolic OH excluding ortho intramolecular Hbond substituents is 1. The van der Waals surface area contributed by atoms with Crippen molar-refractivity contribution in [2.45, 2.75) is 44.2 Å². The summed E-state index contributed by atoms with van der Waals surface area (Å²) in [5.74, 6) is 4.81. The third-order valence-electron chi connectivity index (χ3n) is 10.2. The standard InChI is InChI=1S/C39H43N3O5/c1-40(2)14-5-17-44-33-11-8-25-19-30-29-23-36-35(22-26(29)12-15-41(30)3)46-38-32(43)21-27-13-16-42(4)31(37(27)39(38)47-36)18-24-6-9-28(10-7-24)45-34(33)20-25/h6-11,20-23,30-31,43H,5,12-19H2,1-4H3. The van der Waals surface area contributed by atoms with E-state index in [1.807, 2.05) is 6.07 Å². The molecule has 0 aliphatic carbocycles. The van der Waals surface area contributed by atoms with E-state index in [9.17, 15) is 5.11 Å². The molecule has 8 nitrogen and oxygen atoms in total. The molecule has 5 heterocycles. The summed E-state index contributed by atoms with van der Waals surface area (Å²) in [6.45, 7) is 3.41. The number of hydrogen-bond acceptors (Lipinski definition) is 8. The number of likely N-dealkylation sites (N-methyl/N-ethyl adjacent to an activating group) is 2. The molecule has 0 fully saturated rings. The number of aromatic hydroxyl groups is 1. The zero-order valence-electron chi connectivity index (χ0n) is 27.7. The van der Waals surface area contributed by atoms with Crippen LogP contribution in [0.2, 0.25) is 0 Å². The summed E-state index contributed by atoms with van der Waals surface area (Å²) >= 11 is 0. The lowest BCUT2D eigenvalue weighted by atomic mass is 9.86. The van der Waals surface area contributed by atoms with Crippen LogP contribution in [0.15, 0.2) is 60.7 Å². The zero-order chi connectivity index (χ0) is 32.2. The van der Waals surface area contributed by atoms with E-state index in [2.05, 4.69) is 97.5 Å². The second kappa shape index (κ2) is 12.1. The molecule has 2 atom stereocenters. The zero-order valence-corrected chi connectivity index (χ0v) is 27.7. The maximum absolute atomic E-state index is 11.1. The highest BCUT2D eigenvalue weighted by molar-refractivity contribution is 5.67. The Labute approximate surface area is 277 Å². The fourth-order valence-corrected chi connectivity index (χ4v) is 7.58. The van der Waals surface area contributed by atoms with Crippen molar-refractivity contribution in [2.75, 3.05) is 54.4 Å². The second-order valence-electron chi connectivity index (χ2n) is 13.8. The molecule has 0 saturated carbocycles. The number of ether oxygens (including phenoxy) is 4. The van der Waals surface area contributed by atoms with Crippen LogP contribution >= 0.6 is 0 Å². The van der Waals surface area contributed by atoms with Crippen LogP contribution in [-0.4, -0.2) is 74.2 Å². The quantitative estimate of drug-likeness (QED) is 0.203. The van der Waals surface area contributed by atoms with Crippen LogP contribution in [0.3, 0.4) is 0 Å². The average Bonchev–Trinajstić information content (AvgIpc) is 3.05. The molecule has 0 radical (unpaired) electrons. The largest absolute Gasteiger partial charge is 0.504 e. The van der Waals surface area contributed by atoms with Crippen molar-refractivity contribution in [3.05, 3.63) is 94.0 Å². The van der Waals surface area contributed by atoms with Gasteiger partial charge in [-0.25, -0.2) is 0 Å². The Balaban J connectivity index is 1.24. The van der Waals surface area contributed by atoms with Gasteiger partial charge in [0.15, 0.2) is 34.5 Å². The van der Waals surface area contributed by atoms with Gasteiger partial charge in [-0.05, 0) is 131 Å². The number of nitrogens with zero attached hydrogens (tertiary/aromatic N) is 3. The first-order chi connectivity index (χ1) is 22.8. The Bertz CT molecular complexity index is 1820. The van der Waals surface area contributed by atoms with Gasteiger partial charge in [-0.1, -0.05) is 18.2 Å². The van der Waals surface area contributed by atoms with Crippen LogP contribution in [0.4, 0.5) is 0 Å². The van der Waals surface area contributed by atoms with Crippen molar-refractivity contribution in [1.82, 2.24) is 14.7 Å². The van der Waals surface area contributed by atoms with Crippen LogP contribution in [0.5, 0.6) is 46.0 Å². The summed E-state index contributed by atoms with van der Waals surface area (Å²) in [7, 11) is 8.52. The molecule has 0 spiro atoms. The third kappa shape index (κ3) is 5.69. The molecule has 8 heteroatoms. The highest BCUT2D eigenvalue weighted by Gasteiger charge is 2.37. The molecule has 5 aliphatic heterocycles. The van der Waals surface area contributed by atoms with Crippen molar-refractivity contribution < 1.29 is 24.1 Å². The van der Waals surface area contributed by atoms with Crippen LogP contribution in [0.25, 0.3) is 0 Å². The van der Waals surface area contributed by atoms with Gasteiger partial charge in [-0.2, -0.15) is 0 Å². The predicted octanol–water partition coefficient (Wildman–Crippen LogP) is 7.27. The number of hydrogen-bond donors (Lipinski definition) is 1. The van der Waals surface area contributed by atoms with E-state index >= 15 is 0 Å². The summed E-state index contributed by atoms with van der Waals surface area (Å²) in [5.41, 5.74) is 7.06.